The third-order valence-corrected chi connectivity index (χ3v) is 5.07. The Kier molecular flexibility index (Phi) is 6.30. The van der Waals surface area contributed by atoms with Crippen LogP contribution in [0, 0.1) is 11.3 Å². The molecule has 1 spiro atoms. The number of nitrogens with zero attached hydrogens (tertiary/aromatic N) is 1. The lowest BCUT2D eigenvalue weighted by Gasteiger charge is -2.23. The second-order valence-electron chi connectivity index (χ2n) is 6.96. The van der Waals surface area contributed by atoms with Crippen molar-refractivity contribution in [3.8, 4) is 5.75 Å². The molecule has 0 radical (unpaired) electrons. The first-order valence-corrected chi connectivity index (χ1v) is 8.45. The first kappa shape index (κ1) is 19.5. The van der Waals surface area contributed by atoms with Gasteiger partial charge in [0.05, 0.1) is 0 Å². The van der Waals surface area contributed by atoms with Gasteiger partial charge < -0.3 is 20.3 Å². The lowest BCUT2D eigenvalue weighted by Crippen LogP contribution is -2.31. The van der Waals surface area contributed by atoms with Crippen molar-refractivity contribution in [2.45, 2.75) is 19.3 Å². The molecule has 2 amide bonds. The predicted molar refractivity (Wildman–Crippen MR) is 99.2 cm³/mol. The number of piperidine rings is 1. The number of rotatable bonds is 5. The highest BCUT2D eigenvalue weighted by Crippen LogP contribution is 2.58. The van der Waals surface area contributed by atoms with Crippen LogP contribution in [0.3, 0.4) is 0 Å². The Morgan fingerprint density at radius 1 is 1.32 bits per heavy atom. The summed E-state index contributed by atoms with van der Waals surface area (Å²) in [6.45, 7) is 2.00. The number of benzene rings is 1. The number of amides is 2. The molecule has 1 aromatic rings. The normalized spacial score (nSPS) is 20.3. The van der Waals surface area contributed by atoms with E-state index in [1.165, 1.54) is 4.90 Å². The summed E-state index contributed by atoms with van der Waals surface area (Å²) in [5.74, 6) is 0.698. The molecule has 1 saturated heterocycles. The highest BCUT2D eigenvalue weighted by atomic mass is 35.5. The fourth-order valence-electron chi connectivity index (χ4n) is 3.36. The number of hydrogen-bond donors (Lipinski definition) is 2. The smallest absolute Gasteiger partial charge is 0.259 e. The number of anilines is 1. The zero-order valence-corrected chi connectivity index (χ0v) is 15.5. The van der Waals surface area contributed by atoms with Gasteiger partial charge in [-0.15, -0.1) is 12.4 Å². The lowest BCUT2D eigenvalue weighted by molar-refractivity contribution is -0.130. The minimum atomic E-state index is -0.102. The van der Waals surface area contributed by atoms with Gasteiger partial charge in [0.2, 0.25) is 5.91 Å². The molecule has 2 N–H and O–H groups in total. The molecule has 2 aliphatic rings. The van der Waals surface area contributed by atoms with Crippen molar-refractivity contribution in [1.29, 1.82) is 0 Å². The van der Waals surface area contributed by atoms with E-state index in [2.05, 4.69) is 10.6 Å². The van der Waals surface area contributed by atoms with Crippen LogP contribution in [0.1, 0.15) is 19.3 Å². The highest BCUT2D eigenvalue weighted by molar-refractivity contribution is 5.95. The maximum absolute atomic E-state index is 12.5. The quantitative estimate of drug-likeness (QED) is 0.834. The van der Waals surface area contributed by atoms with Gasteiger partial charge in [-0.1, -0.05) is 6.07 Å². The molecule has 138 valence electrons. The van der Waals surface area contributed by atoms with E-state index in [1.54, 1.807) is 26.2 Å². The summed E-state index contributed by atoms with van der Waals surface area (Å²) in [6, 6.07) is 7.20. The number of hydrogen-bond acceptors (Lipinski definition) is 4. The number of likely N-dealkylation sites (N-methyl/N-ethyl adjacent to an activating group) is 1. The van der Waals surface area contributed by atoms with Gasteiger partial charge in [-0.05, 0) is 49.9 Å². The number of ether oxygens (including phenoxy) is 1. The second kappa shape index (κ2) is 8.06. The number of halogens is 1. The SMILES string of the molecule is CN(C)C(=O)COc1cccc(NC(=O)C2CC23CCNCC3)c1.Cl. The van der Waals surface area contributed by atoms with Crippen LogP contribution in [0.25, 0.3) is 0 Å². The van der Waals surface area contributed by atoms with Gasteiger partial charge in [-0.25, -0.2) is 0 Å². The average molecular weight is 368 g/mol. The first-order valence-electron chi connectivity index (χ1n) is 8.45. The molecule has 1 saturated carbocycles. The van der Waals surface area contributed by atoms with Crippen LogP contribution in [-0.4, -0.2) is 50.5 Å². The van der Waals surface area contributed by atoms with Crippen molar-refractivity contribution in [2.75, 3.05) is 39.1 Å². The summed E-state index contributed by atoms with van der Waals surface area (Å²) >= 11 is 0. The molecule has 1 heterocycles. The van der Waals surface area contributed by atoms with Gasteiger partial charge in [0, 0.05) is 31.8 Å². The van der Waals surface area contributed by atoms with Crippen molar-refractivity contribution in [3.63, 3.8) is 0 Å². The highest BCUT2D eigenvalue weighted by Gasteiger charge is 2.57. The Morgan fingerprint density at radius 2 is 2.04 bits per heavy atom. The molecule has 2 fully saturated rings. The van der Waals surface area contributed by atoms with Crippen LogP contribution in [0.4, 0.5) is 5.69 Å². The van der Waals surface area contributed by atoms with Crippen LogP contribution < -0.4 is 15.4 Å². The molecule has 1 aliphatic carbocycles. The minimum Gasteiger partial charge on any atom is -0.484 e. The third-order valence-electron chi connectivity index (χ3n) is 5.07. The molecule has 7 heteroatoms. The van der Waals surface area contributed by atoms with E-state index in [4.69, 9.17) is 4.74 Å². The standard InChI is InChI=1S/C18H25N3O3.ClH/c1-21(2)16(22)12-24-14-5-3-4-13(10-14)20-17(23)15-11-18(15)6-8-19-9-7-18;/h3-5,10,15,19H,6-9,11-12H2,1-2H3,(H,20,23);1H. The van der Waals surface area contributed by atoms with Crippen LogP contribution in [0.2, 0.25) is 0 Å². The topological polar surface area (TPSA) is 70.7 Å². The van der Waals surface area contributed by atoms with E-state index in [-0.39, 0.29) is 42.2 Å². The van der Waals surface area contributed by atoms with Crippen LogP contribution in [0.15, 0.2) is 24.3 Å². The average Bonchev–Trinajstić information content (AvgIpc) is 3.26. The van der Waals surface area contributed by atoms with Crippen molar-refractivity contribution < 1.29 is 14.3 Å². The van der Waals surface area contributed by atoms with Gasteiger partial charge in [-0.3, -0.25) is 9.59 Å². The molecule has 1 atom stereocenters. The van der Waals surface area contributed by atoms with E-state index in [0.29, 0.717) is 11.4 Å². The van der Waals surface area contributed by atoms with Gasteiger partial charge >= 0.3 is 0 Å². The molecular weight excluding hydrogens is 342 g/mol. The predicted octanol–water partition coefficient (Wildman–Crippen LogP) is 1.90. The summed E-state index contributed by atoms with van der Waals surface area (Å²) < 4.78 is 5.49. The molecule has 1 aliphatic heterocycles. The number of nitrogens with one attached hydrogen (secondary N) is 2. The van der Waals surface area contributed by atoms with E-state index in [0.717, 1.165) is 32.4 Å². The van der Waals surface area contributed by atoms with Crippen molar-refractivity contribution in [1.82, 2.24) is 10.2 Å². The molecule has 0 aromatic heterocycles. The summed E-state index contributed by atoms with van der Waals surface area (Å²) in [5, 5.41) is 6.34. The van der Waals surface area contributed by atoms with E-state index >= 15 is 0 Å². The van der Waals surface area contributed by atoms with E-state index in [9.17, 15) is 9.59 Å². The number of carbonyl (C=O) groups excluding carboxylic acids is 2. The molecule has 0 bridgehead atoms. The summed E-state index contributed by atoms with van der Waals surface area (Å²) in [6.07, 6.45) is 3.16. The fraction of sp³-hybridized carbons (Fsp3) is 0.556. The lowest BCUT2D eigenvalue weighted by atomic mass is 9.92. The Morgan fingerprint density at radius 3 is 2.72 bits per heavy atom. The zero-order chi connectivity index (χ0) is 17.2. The minimum absolute atomic E-state index is 0. The van der Waals surface area contributed by atoms with Crippen LogP contribution in [-0.2, 0) is 9.59 Å². The van der Waals surface area contributed by atoms with E-state index < -0.39 is 0 Å². The third kappa shape index (κ3) is 4.64. The zero-order valence-electron chi connectivity index (χ0n) is 14.7. The van der Waals surface area contributed by atoms with Crippen molar-refractivity contribution in [3.05, 3.63) is 24.3 Å². The monoisotopic (exact) mass is 367 g/mol. The van der Waals surface area contributed by atoms with Gasteiger partial charge in [0.15, 0.2) is 6.61 Å². The molecule has 1 unspecified atom stereocenters. The maximum Gasteiger partial charge on any atom is 0.259 e. The Balaban J connectivity index is 0.00000225. The Labute approximate surface area is 154 Å². The second-order valence-corrected chi connectivity index (χ2v) is 6.96. The first-order chi connectivity index (χ1) is 11.5. The van der Waals surface area contributed by atoms with Gasteiger partial charge in [0.1, 0.15) is 5.75 Å². The van der Waals surface area contributed by atoms with E-state index in [1.807, 2.05) is 12.1 Å². The molecular formula is C18H26ClN3O3. The maximum atomic E-state index is 12.5. The van der Waals surface area contributed by atoms with Gasteiger partial charge in [-0.2, -0.15) is 0 Å². The molecule has 3 rings (SSSR count). The summed E-state index contributed by atoms with van der Waals surface area (Å²) in [7, 11) is 3.38. The fourth-order valence-corrected chi connectivity index (χ4v) is 3.36. The number of carbonyl (C=O) groups is 2. The molecule has 6 nitrogen and oxygen atoms in total. The largest absolute Gasteiger partial charge is 0.484 e. The summed E-state index contributed by atoms with van der Waals surface area (Å²) in [5.41, 5.74) is 0.937. The Bertz CT molecular complexity index is 630. The molecule has 1 aromatic carbocycles. The Hall–Kier alpha value is -1.79. The van der Waals surface area contributed by atoms with Crippen molar-refractivity contribution in [2.24, 2.45) is 11.3 Å². The van der Waals surface area contributed by atoms with Gasteiger partial charge in [0.25, 0.3) is 5.91 Å². The van der Waals surface area contributed by atoms with Crippen LogP contribution >= 0.6 is 12.4 Å². The van der Waals surface area contributed by atoms with Crippen LogP contribution in [0.5, 0.6) is 5.75 Å². The van der Waals surface area contributed by atoms with Crippen molar-refractivity contribution >= 4 is 29.9 Å². The molecule has 25 heavy (non-hydrogen) atoms. The summed E-state index contributed by atoms with van der Waals surface area (Å²) in [4.78, 5) is 25.5.